The second-order valence-electron chi connectivity index (χ2n) is 8.12. The summed E-state index contributed by atoms with van der Waals surface area (Å²) in [6.07, 6.45) is 0. The molecule has 0 aromatic heterocycles. The zero-order chi connectivity index (χ0) is 20.5. The predicted octanol–water partition coefficient (Wildman–Crippen LogP) is 4.25. The Balaban J connectivity index is 1.51. The van der Waals surface area contributed by atoms with Crippen LogP contribution in [0.2, 0.25) is 0 Å². The van der Waals surface area contributed by atoms with E-state index in [2.05, 4.69) is 28.7 Å². The Hall–Kier alpha value is -2.47. The molecule has 0 saturated carbocycles. The summed E-state index contributed by atoms with van der Waals surface area (Å²) in [6, 6.07) is 15.3. The zero-order valence-corrected chi connectivity index (χ0v) is 16.7. The molecule has 0 N–H and O–H groups in total. The Bertz CT molecular complexity index is 889. The van der Waals surface area contributed by atoms with Gasteiger partial charge in [0.25, 0.3) is 0 Å². The average Bonchev–Trinajstić information content (AvgIpc) is 3.19. The molecule has 2 saturated heterocycles. The molecular formula is C23H26F2N2O2. The van der Waals surface area contributed by atoms with Crippen molar-refractivity contribution in [3.8, 4) is 5.75 Å². The predicted molar refractivity (Wildman–Crippen MR) is 107 cm³/mol. The van der Waals surface area contributed by atoms with Gasteiger partial charge in [-0.2, -0.15) is 8.78 Å². The van der Waals surface area contributed by atoms with E-state index in [1.54, 1.807) is 25.1 Å². The Labute approximate surface area is 170 Å². The maximum Gasteiger partial charge on any atom is 0.387 e. The number of rotatable bonds is 5. The third-order valence-electron chi connectivity index (χ3n) is 6.18. The normalized spacial score (nSPS) is 24.2. The van der Waals surface area contributed by atoms with Crippen LogP contribution < -0.4 is 4.74 Å². The molecule has 6 heteroatoms. The maximum atomic E-state index is 12.5. The number of hydrogen-bond acceptors (Lipinski definition) is 3. The van der Waals surface area contributed by atoms with Crippen LogP contribution in [0.4, 0.5) is 8.78 Å². The zero-order valence-electron chi connectivity index (χ0n) is 16.7. The largest absolute Gasteiger partial charge is 0.435 e. The van der Waals surface area contributed by atoms with Crippen LogP contribution in [-0.4, -0.2) is 42.0 Å². The average molecular weight is 400 g/mol. The first-order chi connectivity index (χ1) is 13.9. The van der Waals surface area contributed by atoms with Crippen LogP contribution in [0.5, 0.6) is 5.75 Å². The molecule has 2 aliphatic heterocycles. The van der Waals surface area contributed by atoms with Gasteiger partial charge in [0.15, 0.2) is 0 Å². The van der Waals surface area contributed by atoms with E-state index in [9.17, 15) is 13.6 Å². The molecule has 0 bridgehead atoms. The van der Waals surface area contributed by atoms with E-state index >= 15 is 0 Å². The van der Waals surface area contributed by atoms with Crippen LogP contribution in [0.25, 0.3) is 0 Å². The summed E-state index contributed by atoms with van der Waals surface area (Å²) in [5.74, 6) is 1.11. The molecular weight excluding hydrogens is 374 g/mol. The molecule has 0 aliphatic carbocycles. The monoisotopic (exact) mass is 400 g/mol. The number of amides is 1. The minimum absolute atomic E-state index is 0.0946. The standard InChI is InChI=1S/C23H26F2N2O2/c1-15-6-3-4-9-20(15)22-21-14-26(12-18(21)13-27(22)16(2)28)11-17-7-5-8-19(10-17)29-23(24)25/h3-10,18,21-23H,11-14H2,1-2H3/t18-,21-,22+/m1/s1. The number of nitrogens with zero attached hydrogens (tertiary/aromatic N) is 2. The molecule has 3 atom stereocenters. The van der Waals surface area contributed by atoms with E-state index in [1.807, 2.05) is 23.1 Å². The van der Waals surface area contributed by atoms with Gasteiger partial charge < -0.3 is 9.64 Å². The van der Waals surface area contributed by atoms with E-state index in [-0.39, 0.29) is 17.7 Å². The van der Waals surface area contributed by atoms with Gasteiger partial charge in [-0.15, -0.1) is 0 Å². The number of alkyl halides is 2. The van der Waals surface area contributed by atoms with Gasteiger partial charge >= 0.3 is 6.61 Å². The number of carbonyl (C=O) groups excluding carboxylic acids is 1. The lowest BCUT2D eigenvalue weighted by atomic mass is 9.87. The highest BCUT2D eigenvalue weighted by Gasteiger charge is 2.48. The second-order valence-corrected chi connectivity index (χ2v) is 8.12. The molecule has 2 aromatic carbocycles. The summed E-state index contributed by atoms with van der Waals surface area (Å²) >= 11 is 0. The second kappa shape index (κ2) is 8.11. The third kappa shape index (κ3) is 4.13. The van der Waals surface area contributed by atoms with Crippen LogP contribution in [0.15, 0.2) is 48.5 Å². The van der Waals surface area contributed by atoms with Crippen molar-refractivity contribution in [1.82, 2.24) is 9.80 Å². The van der Waals surface area contributed by atoms with Crippen molar-refractivity contribution < 1.29 is 18.3 Å². The molecule has 2 heterocycles. The third-order valence-corrected chi connectivity index (χ3v) is 6.18. The Morgan fingerprint density at radius 3 is 2.66 bits per heavy atom. The molecule has 4 nitrogen and oxygen atoms in total. The molecule has 0 unspecified atom stereocenters. The minimum Gasteiger partial charge on any atom is -0.435 e. The molecule has 4 rings (SSSR count). The van der Waals surface area contributed by atoms with Crippen molar-refractivity contribution in [3.63, 3.8) is 0 Å². The minimum atomic E-state index is -2.82. The number of ether oxygens (including phenoxy) is 1. The van der Waals surface area contributed by atoms with Crippen LogP contribution >= 0.6 is 0 Å². The lowest BCUT2D eigenvalue weighted by Crippen LogP contribution is -2.34. The summed E-state index contributed by atoms with van der Waals surface area (Å²) in [7, 11) is 0. The number of carbonyl (C=O) groups is 1. The van der Waals surface area contributed by atoms with Crippen LogP contribution in [0.3, 0.4) is 0 Å². The van der Waals surface area contributed by atoms with Crippen LogP contribution in [-0.2, 0) is 11.3 Å². The summed E-state index contributed by atoms with van der Waals surface area (Å²) < 4.78 is 29.5. The van der Waals surface area contributed by atoms with Crippen molar-refractivity contribution in [2.24, 2.45) is 11.8 Å². The van der Waals surface area contributed by atoms with E-state index < -0.39 is 6.61 Å². The fourth-order valence-corrected chi connectivity index (χ4v) is 4.99. The number of aryl methyl sites for hydroxylation is 1. The van der Waals surface area contributed by atoms with E-state index in [1.165, 1.54) is 11.1 Å². The molecule has 2 fully saturated rings. The van der Waals surface area contributed by atoms with Crippen LogP contribution in [0.1, 0.15) is 29.7 Å². The lowest BCUT2D eigenvalue weighted by molar-refractivity contribution is -0.130. The molecule has 0 spiro atoms. The smallest absolute Gasteiger partial charge is 0.387 e. The van der Waals surface area contributed by atoms with Gasteiger partial charge in [0, 0.05) is 39.0 Å². The van der Waals surface area contributed by atoms with Crippen molar-refractivity contribution in [2.75, 3.05) is 19.6 Å². The first-order valence-electron chi connectivity index (χ1n) is 10.0. The van der Waals surface area contributed by atoms with Crippen molar-refractivity contribution in [1.29, 1.82) is 0 Å². The Morgan fingerprint density at radius 2 is 1.93 bits per heavy atom. The van der Waals surface area contributed by atoms with E-state index in [4.69, 9.17) is 0 Å². The van der Waals surface area contributed by atoms with Crippen molar-refractivity contribution >= 4 is 5.91 Å². The fraction of sp³-hybridized carbons (Fsp3) is 0.435. The van der Waals surface area contributed by atoms with Gasteiger partial charge in [0.05, 0.1) is 6.04 Å². The highest BCUT2D eigenvalue weighted by Crippen LogP contribution is 2.46. The lowest BCUT2D eigenvalue weighted by Gasteiger charge is -2.30. The summed E-state index contributed by atoms with van der Waals surface area (Å²) in [5.41, 5.74) is 3.39. The number of benzene rings is 2. The molecule has 2 aromatic rings. The van der Waals surface area contributed by atoms with E-state index in [0.29, 0.717) is 18.4 Å². The quantitative estimate of drug-likeness (QED) is 0.752. The summed E-state index contributed by atoms with van der Waals surface area (Å²) in [5, 5.41) is 0. The Kier molecular flexibility index (Phi) is 5.54. The molecule has 29 heavy (non-hydrogen) atoms. The van der Waals surface area contributed by atoms with Gasteiger partial charge in [0.2, 0.25) is 5.91 Å². The topological polar surface area (TPSA) is 32.8 Å². The maximum absolute atomic E-state index is 12.5. The summed E-state index contributed by atoms with van der Waals surface area (Å²) in [4.78, 5) is 16.7. The highest BCUT2D eigenvalue weighted by atomic mass is 19.3. The number of halogens is 2. The van der Waals surface area contributed by atoms with E-state index in [0.717, 1.165) is 25.2 Å². The van der Waals surface area contributed by atoms with Gasteiger partial charge in [-0.25, -0.2) is 0 Å². The number of fused-ring (bicyclic) bond motifs is 1. The SMILES string of the molecule is CC(=O)N1C[C@H]2CN(Cc3cccc(OC(F)F)c3)C[C@H]2[C@@H]1c1ccccc1C. The van der Waals surface area contributed by atoms with Crippen molar-refractivity contribution in [3.05, 3.63) is 65.2 Å². The molecule has 2 aliphatic rings. The first kappa shape index (κ1) is 19.8. The fourth-order valence-electron chi connectivity index (χ4n) is 4.99. The number of hydrogen-bond donors (Lipinski definition) is 0. The van der Waals surface area contributed by atoms with Gasteiger partial charge in [-0.3, -0.25) is 9.69 Å². The first-order valence-corrected chi connectivity index (χ1v) is 10.0. The number of likely N-dealkylation sites (tertiary alicyclic amines) is 2. The molecule has 154 valence electrons. The molecule has 0 radical (unpaired) electrons. The molecule has 1 amide bonds. The highest BCUT2D eigenvalue weighted by molar-refractivity contribution is 5.74. The van der Waals surface area contributed by atoms with Gasteiger partial charge in [0.1, 0.15) is 5.75 Å². The Morgan fingerprint density at radius 1 is 1.14 bits per heavy atom. The van der Waals surface area contributed by atoms with Gasteiger partial charge in [-0.1, -0.05) is 36.4 Å². The van der Waals surface area contributed by atoms with Crippen molar-refractivity contribution in [2.45, 2.75) is 33.0 Å². The summed E-state index contributed by atoms with van der Waals surface area (Å²) in [6.45, 7) is 4.17. The van der Waals surface area contributed by atoms with Gasteiger partial charge in [-0.05, 0) is 41.7 Å². The van der Waals surface area contributed by atoms with Crippen LogP contribution in [0, 0.1) is 18.8 Å².